The molecule has 0 aliphatic heterocycles. The number of nitrogens with zero attached hydrogens (tertiary/aromatic N) is 2. The van der Waals surface area contributed by atoms with Gasteiger partial charge in [0.25, 0.3) is 0 Å². The summed E-state index contributed by atoms with van der Waals surface area (Å²) in [6.07, 6.45) is 0.796. The van der Waals surface area contributed by atoms with Gasteiger partial charge in [0.05, 0.1) is 5.69 Å². The first-order valence-corrected chi connectivity index (χ1v) is 6.74. The summed E-state index contributed by atoms with van der Waals surface area (Å²) in [5.41, 5.74) is 7.20. The molecule has 0 saturated carbocycles. The summed E-state index contributed by atoms with van der Waals surface area (Å²) in [5.74, 6) is 0. The van der Waals surface area contributed by atoms with Crippen molar-refractivity contribution in [2.24, 2.45) is 5.73 Å². The third kappa shape index (κ3) is 3.18. The molecule has 0 bridgehead atoms. The van der Waals surface area contributed by atoms with Crippen LogP contribution in [0.1, 0.15) is 5.56 Å². The van der Waals surface area contributed by atoms with Gasteiger partial charge in [-0.1, -0.05) is 12.1 Å². The van der Waals surface area contributed by atoms with Crippen LogP contribution in [0.3, 0.4) is 0 Å². The van der Waals surface area contributed by atoms with Crippen molar-refractivity contribution in [1.29, 1.82) is 0 Å². The fourth-order valence-electron chi connectivity index (χ4n) is 1.42. The fraction of sp³-hybridized carbons (Fsp3) is 0.455. The van der Waals surface area contributed by atoms with Crippen LogP contribution in [0.2, 0.25) is 0 Å². The zero-order valence-corrected chi connectivity index (χ0v) is 11.2. The predicted octanol–water partition coefficient (Wildman–Crippen LogP) is 0.430. The lowest BCUT2D eigenvalue weighted by Gasteiger charge is -2.23. The van der Waals surface area contributed by atoms with E-state index in [1.807, 2.05) is 12.1 Å². The first-order chi connectivity index (χ1) is 7.89. The first kappa shape index (κ1) is 14.0. The zero-order valence-electron chi connectivity index (χ0n) is 10.4. The van der Waals surface area contributed by atoms with Crippen LogP contribution in [0.5, 0.6) is 0 Å². The average Bonchev–Trinajstić information content (AvgIpc) is 2.29. The highest BCUT2D eigenvalue weighted by Crippen LogP contribution is 2.18. The molecule has 0 spiro atoms. The Kier molecular flexibility index (Phi) is 4.50. The molecule has 0 aliphatic carbocycles. The summed E-state index contributed by atoms with van der Waals surface area (Å²) in [6, 6.07) is 7.35. The van der Waals surface area contributed by atoms with Crippen molar-refractivity contribution in [2.45, 2.75) is 6.42 Å². The van der Waals surface area contributed by atoms with E-state index in [9.17, 15) is 8.42 Å². The van der Waals surface area contributed by atoms with Crippen LogP contribution in [0.4, 0.5) is 5.69 Å². The molecule has 0 heterocycles. The van der Waals surface area contributed by atoms with Crippen molar-refractivity contribution < 1.29 is 8.42 Å². The Morgan fingerprint density at radius 3 is 2.06 bits per heavy atom. The Balaban J connectivity index is 2.94. The predicted molar refractivity (Wildman–Crippen MR) is 70.2 cm³/mol. The van der Waals surface area contributed by atoms with Crippen LogP contribution < -0.4 is 10.0 Å². The normalized spacial score (nSPS) is 11.8. The van der Waals surface area contributed by atoms with Gasteiger partial charge in [-0.25, -0.2) is 0 Å². The average molecular weight is 257 g/mol. The summed E-state index contributed by atoms with van der Waals surface area (Å²) in [5, 5.41) is 0. The quantitative estimate of drug-likeness (QED) is 0.832. The zero-order chi connectivity index (χ0) is 13.1. The first-order valence-electron chi connectivity index (χ1n) is 5.35. The third-order valence-corrected chi connectivity index (χ3v) is 4.37. The van der Waals surface area contributed by atoms with Crippen LogP contribution in [-0.4, -0.2) is 40.4 Å². The van der Waals surface area contributed by atoms with E-state index >= 15 is 0 Å². The van der Waals surface area contributed by atoms with Gasteiger partial charge in [-0.05, 0) is 30.7 Å². The molecule has 1 aromatic rings. The molecule has 0 aromatic heterocycles. The summed E-state index contributed by atoms with van der Waals surface area (Å²) in [6.45, 7) is 0.588. The number of hydrogen-bond acceptors (Lipinski definition) is 3. The molecule has 0 fully saturated rings. The lowest BCUT2D eigenvalue weighted by molar-refractivity contribution is 0.519. The van der Waals surface area contributed by atoms with Crippen molar-refractivity contribution in [3.05, 3.63) is 29.8 Å². The summed E-state index contributed by atoms with van der Waals surface area (Å²) in [7, 11) is 1.14. The highest BCUT2D eigenvalue weighted by Gasteiger charge is 2.20. The van der Waals surface area contributed by atoms with Gasteiger partial charge in [0, 0.05) is 21.1 Å². The summed E-state index contributed by atoms with van der Waals surface area (Å²) < 4.78 is 26.2. The Morgan fingerprint density at radius 1 is 1.12 bits per heavy atom. The third-order valence-electron chi connectivity index (χ3n) is 2.54. The molecule has 0 saturated heterocycles. The molecule has 2 N–H and O–H groups in total. The molecule has 0 radical (unpaired) electrons. The number of benzene rings is 1. The van der Waals surface area contributed by atoms with Crippen LogP contribution in [0.15, 0.2) is 24.3 Å². The Bertz CT molecular complexity index is 454. The molecule has 17 heavy (non-hydrogen) atoms. The molecule has 0 unspecified atom stereocenters. The second-order valence-electron chi connectivity index (χ2n) is 3.96. The van der Waals surface area contributed by atoms with E-state index in [0.717, 1.165) is 12.0 Å². The van der Waals surface area contributed by atoms with Gasteiger partial charge >= 0.3 is 10.2 Å². The largest absolute Gasteiger partial charge is 0.330 e. The van der Waals surface area contributed by atoms with Gasteiger partial charge in [0.1, 0.15) is 0 Å². The molecule has 6 heteroatoms. The van der Waals surface area contributed by atoms with Gasteiger partial charge in [-0.15, -0.1) is 0 Å². The van der Waals surface area contributed by atoms with Gasteiger partial charge < -0.3 is 5.73 Å². The highest BCUT2D eigenvalue weighted by atomic mass is 32.2. The Hall–Kier alpha value is -1.11. The molecule has 1 aromatic carbocycles. The molecule has 0 aliphatic rings. The summed E-state index contributed by atoms with van der Waals surface area (Å²) >= 11 is 0. The van der Waals surface area contributed by atoms with Crippen LogP contribution >= 0.6 is 0 Å². The second-order valence-corrected chi connectivity index (χ2v) is 6.14. The molecule has 1 rings (SSSR count). The van der Waals surface area contributed by atoms with Gasteiger partial charge in [-0.2, -0.15) is 12.7 Å². The Morgan fingerprint density at radius 2 is 1.65 bits per heavy atom. The lowest BCUT2D eigenvalue weighted by Crippen LogP contribution is -2.37. The number of anilines is 1. The van der Waals surface area contributed by atoms with Crippen molar-refractivity contribution >= 4 is 15.9 Å². The molecular formula is C11H19N3O2S. The molecule has 0 atom stereocenters. The van der Waals surface area contributed by atoms with Crippen molar-refractivity contribution in [3.8, 4) is 0 Å². The van der Waals surface area contributed by atoms with E-state index in [0.29, 0.717) is 12.2 Å². The standard InChI is InChI=1S/C11H19N3O2S/c1-13(2)17(15,16)14(3)11-6-4-10(5-7-11)8-9-12/h4-7H,8-9,12H2,1-3H3. The van der Waals surface area contributed by atoms with E-state index in [-0.39, 0.29) is 0 Å². The molecule has 96 valence electrons. The van der Waals surface area contributed by atoms with Gasteiger partial charge in [0.15, 0.2) is 0 Å². The molecule has 0 amide bonds. The fourth-order valence-corrected chi connectivity index (χ4v) is 2.30. The molecular weight excluding hydrogens is 238 g/mol. The SMILES string of the molecule is CN(C)S(=O)(=O)N(C)c1ccc(CCN)cc1. The Labute approximate surface area is 103 Å². The van der Waals surface area contributed by atoms with Crippen LogP contribution in [0, 0.1) is 0 Å². The van der Waals surface area contributed by atoms with Crippen molar-refractivity contribution in [1.82, 2.24) is 4.31 Å². The minimum Gasteiger partial charge on any atom is -0.330 e. The van der Waals surface area contributed by atoms with E-state index in [1.165, 1.54) is 29.8 Å². The van der Waals surface area contributed by atoms with E-state index in [4.69, 9.17) is 5.73 Å². The second kappa shape index (κ2) is 5.48. The van der Waals surface area contributed by atoms with Crippen molar-refractivity contribution in [3.63, 3.8) is 0 Å². The number of nitrogens with two attached hydrogens (primary N) is 1. The van der Waals surface area contributed by atoms with Crippen LogP contribution in [0.25, 0.3) is 0 Å². The van der Waals surface area contributed by atoms with Crippen molar-refractivity contribution in [2.75, 3.05) is 32.0 Å². The van der Waals surface area contributed by atoms with E-state index < -0.39 is 10.2 Å². The maximum absolute atomic E-state index is 11.9. The van der Waals surface area contributed by atoms with Gasteiger partial charge in [0.2, 0.25) is 0 Å². The lowest BCUT2D eigenvalue weighted by atomic mass is 10.1. The monoisotopic (exact) mass is 257 g/mol. The number of hydrogen-bond donors (Lipinski definition) is 1. The maximum Gasteiger partial charge on any atom is 0.303 e. The molecule has 5 nitrogen and oxygen atoms in total. The minimum absolute atomic E-state index is 0.588. The highest BCUT2D eigenvalue weighted by molar-refractivity contribution is 7.90. The van der Waals surface area contributed by atoms with Gasteiger partial charge in [-0.3, -0.25) is 4.31 Å². The minimum atomic E-state index is -3.41. The van der Waals surface area contributed by atoms with E-state index in [2.05, 4.69) is 0 Å². The summed E-state index contributed by atoms with van der Waals surface area (Å²) in [4.78, 5) is 0. The smallest absolute Gasteiger partial charge is 0.303 e. The topological polar surface area (TPSA) is 66.6 Å². The van der Waals surface area contributed by atoms with Crippen LogP contribution in [-0.2, 0) is 16.6 Å². The maximum atomic E-state index is 11.9. The van der Waals surface area contributed by atoms with E-state index in [1.54, 1.807) is 12.1 Å². The number of rotatable bonds is 5.